The Bertz CT molecular complexity index is 553. The van der Waals surface area contributed by atoms with Gasteiger partial charge >= 0.3 is 5.97 Å². The monoisotopic (exact) mass is 272 g/mol. The molecule has 2 rings (SSSR count). The van der Waals surface area contributed by atoms with Gasteiger partial charge < -0.3 is 4.74 Å². The summed E-state index contributed by atoms with van der Waals surface area (Å²) in [4.78, 5) is 13.9. The van der Waals surface area contributed by atoms with Crippen LogP contribution in [0.3, 0.4) is 0 Å². The van der Waals surface area contributed by atoms with Gasteiger partial charge in [-0.1, -0.05) is 6.07 Å². The van der Waals surface area contributed by atoms with Gasteiger partial charge in [0.25, 0.3) is 0 Å². The SMILES string of the molecule is CC(C)(C)OC(=O)CN1CCc2ccc(C#N)cc2C1. The molecule has 1 aromatic carbocycles. The van der Waals surface area contributed by atoms with Crippen molar-refractivity contribution in [3.8, 4) is 6.07 Å². The van der Waals surface area contributed by atoms with Crippen LogP contribution >= 0.6 is 0 Å². The predicted octanol–water partition coefficient (Wildman–Crippen LogP) is 2.26. The number of hydrogen-bond donors (Lipinski definition) is 0. The molecule has 4 heteroatoms. The van der Waals surface area contributed by atoms with Crippen LogP contribution < -0.4 is 0 Å². The number of nitrogens with zero attached hydrogens (tertiary/aromatic N) is 2. The number of esters is 1. The van der Waals surface area contributed by atoms with E-state index in [0.29, 0.717) is 18.7 Å². The van der Waals surface area contributed by atoms with Crippen molar-refractivity contribution in [2.24, 2.45) is 0 Å². The number of ether oxygens (including phenoxy) is 1. The molecule has 0 bridgehead atoms. The van der Waals surface area contributed by atoms with Gasteiger partial charge in [0.05, 0.1) is 18.2 Å². The topological polar surface area (TPSA) is 53.3 Å². The maximum absolute atomic E-state index is 11.8. The molecule has 1 heterocycles. The summed E-state index contributed by atoms with van der Waals surface area (Å²) in [6.07, 6.45) is 0.907. The van der Waals surface area contributed by atoms with E-state index in [9.17, 15) is 4.79 Å². The van der Waals surface area contributed by atoms with Gasteiger partial charge in [-0.05, 0) is 50.5 Å². The molecule has 0 saturated heterocycles. The Morgan fingerprint density at radius 3 is 2.80 bits per heavy atom. The van der Waals surface area contributed by atoms with Gasteiger partial charge in [-0.2, -0.15) is 5.26 Å². The second kappa shape index (κ2) is 5.64. The Balaban J connectivity index is 2.00. The zero-order chi connectivity index (χ0) is 14.8. The summed E-state index contributed by atoms with van der Waals surface area (Å²) in [5.41, 5.74) is 2.63. The molecule has 0 radical (unpaired) electrons. The van der Waals surface area contributed by atoms with E-state index in [1.165, 1.54) is 5.56 Å². The van der Waals surface area contributed by atoms with E-state index in [0.717, 1.165) is 18.5 Å². The third-order valence-electron chi connectivity index (χ3n) is 3.20. The second-order valence-corrected chi connectivity index (χ2v) is 6.14. The lowest BCUT2D eigenvalue weighted by molar-refractivity contribution is -0.156. The van der Waals surface area contributed by atoms with Crippen LogP contribution in [0.1, 0.15) is 37.5 Å². The molecule has 4 nitrogen and oxygen atoms in total. The smallest absolute Gasteiger partial charge is 0.320 e. The van der Waals surface area contributed by atoms with Crippen molar-refractivity contribution < 1.29 is 9.53 Å². The fraction of sp³-hybridized carbons (Fsp3) is 0.500. The van der Waals surface area contributed by atoms with Gasteiger partial charge in [0.2, 0.25) is 0 Å². The van der Waals surface area contributed by atoms with E-state index in [4.69, 9.17) is 10.00 Å². The first-order valence-electron chi connectivity index (χ1n) is 6.83. The lowest BCUT2D eigenvalue weighted by atomic mass is 9.98. The lowest BCUT2D eigenvalue weighted by Gasteiger charge is -2.29. The molecule has 0 unspecified atom stereocenters. The molecule has 0 atom stereocenters. The molecular weight excluding hydrogens is 252 g/mol. The van der Waals surface area contributed by atoms with Crippen LogP contribution in [0.5, 0.6) is 0 Å². The number of carbonyl (C=O) groups is 1. The van der Waals surface area contributed by atoms with Gasteiger partial charge in [0.1, 0.15) is 5.60 Å². The van der Waals surface area contributed by atoms with Crippen molar-refractivity contribution in [1.29, 1.82) is 5.26 Å². The molecule has 0 aliphatic carbocycles. The van der Waals surface area contributed by atoms with Crippen molar-refractivity contribution in [1.82, 2.24) is 4.90 Å². The molecule has 0 amide bonds. The van der Waals surface area contributed by atoms with Crippen LogP contribution in [0.2, 0.25) is 0 Å². The first-order valence-corrected chi connectivity index (χ1v) is 6.83. The zero-order valence-electron chi connectivity index (χ0n) is 12.3. The summed E-state index contributed by atoms with van der Waals surface area (Å²) >= 11 is 0. The highest BCUT2D eigenvalue weighted by Gasteiger charge is 2.22. The number of hydrogen-bond acceptors (Lipinski definition) is 4. The van der Waals surface area contributed by atoms with Gasteiger partial charge in [0, 0.05) is 13.1 Å². The number of carbonyl (C=O) groups excluding carboxylic acids is 1. The highest BCUT2D eigenvalue weighted by atomic mass is 16.6. The summed E-state index contributed by atoms with van der Waals surface area (Å²) < 4.78 is 5.34. The van der Waals surface area contributed by atoms with E-state index < -0.39 is 5.60 Å². The van der Waals surface area contributed by atoms with Crippen molar-refractivity contribution in [2.75, 3.05) is 13.1 Å². The van der Waals surface area contributed by atoms with Crippen molar-refractivity contribution in [3.63, 3.8) is 0 Å². The molecule has 1 aromatic rings. The maximum atomic E-state index is 11.8. The van der Waals surface area contributed by atoms with Gasteiger partial charge in [0.15, 0.2) is 0 Å². The summed E-state index contributed by atoms with van der Waals surface area (Å²) in [6, 6.07) is 7.93. The first-order chi connectivity index (χ1) is 9.37. The fourth-order valence-electron chi connectivity index (χ4n) is 2.38. The fourth-order valence-corrected chi connectivity index (χ4v) is 2.38. The normalized spacial score (nSPS) is 15.3. The summed E-state index contributed by atoms with van der Waals surface area (Å²) in [7, 11) is 0. The molecule has 0 fully saturated rings. The largest absolute Gasteiger partial charge is 0.459 e. The van der Waals surface area contributed by atoms with E-state index in [2.05, 4.69) is 11.0 Å². The second-order valence-electron chi connectivity index (χ2n) is 6.14. The molecule has 0 spiro atoms. The molecule has 0 saturated carbocycles. The minimum absolute atomic E-state index is 0.197. The van der Waals surface area contributed by atoms with E-state index in [-0.39, 0.29) is 5.97 Å². The average molecular weight is 272 g/mol. The molecule has 106 valence electrons. The Morgan fingerprint density at radius 1 is 1.40 bits per heavy atom. The molecule has 20 heavy (non-hydrogen) atoms. The quantitative estimate of drug-likeness (QED) is 0.775. The van der Waals surface area contributed by atoms with Crippen LogP contribution in [0.25, 0.3) is 0 Å². The van der Waals surface area contributed by atoms with Crippen LogP contribution in [0.15, 0.2) is 18.2 Å². The summed E-state index contributed by atoms with van der Waals surface area (Å²) in [5, 5.41) is 8.94. The Kier molecular flexibility index (Phi) is 4.10. The Hall–Kier alpha value is -1.86. The van der Waals surface area contributed by atoms with Gasteiger partial charge in [-0.25, -0.2) is 0 Å². The van der Waals surface area contributed by atoms with Crippen LogP contribution in [0, 0.1) is 11.3 Å². The Morgan fingerprint density at radius 2 is 2.15 bits per heavy atom. The van der Waals surface area contributed by atoms with E-state index in [1.54, 1.807) is 0 Å². The molecule has 1 aliphatic heterocycles. The third-order valence-corrected chi connectivity index (χ3v) is 3.20. The number of rotatable bonds is 2. The molecule has 0 N–H and O–H groups in total. The highest BCUT2D eigenvalue weighted by molar-refractivity contribution is 5.72. The first kappa shape index (κ1) is 14.5. The molecule has 0 aromatic heterocycles. The predicted molar refractivity (Wildman–Crippen MR) is 76.0 cm³/mol. The molecular formula is C16H20N2O2. The van der Waals surface area contributed by atoms with E-state index >= 15 is 0 Å². The minimum Gasteiger partial charge on any atom is -0.459 e. The number of nitriles is 1. The number of benzene rings is 1. The zero-order valence-corrected chi connectivity index (χ0v) is 12.3. The van der Waals surface area contributed by atoms with Crippen molar-refractivity contribution in [3.05, 3.63) is 34.9 Å². The minimum atomic E-state index is -0.446. The molecule has 1 aliphatic rings. The highest BCUT2D eigenvalue weighted by Crippen LogP contribution is 2.20. The van der Waals surface area contributed by atoms with Crippen LogP contribution in [-0.4, -0.2) is 29.6 Å². The van der Waals surface area contributed by atoms with Crippen molar-refractivity contribution in [2.45, 2.75) is 39.3 Å². The maximum Gasteiger partial charge on any atom is 0.320 e. The summed E-state index contributed by atoms with van der Waals surface area (Å²) in [5.74, 6) is -0.197. The Labute approximate surface area is 120 Å². The average Bonchev–Trinajstić information content (AvgIpc) is 2.35. The standard InChI is InChI=1S/C16H20N2O2/c1-16(2,3)20-15(19)11-18-7-6-13-5-4-12(9-17)8-14(13)10-18/h4-5,8H,6-7,10-11H2,1-3H3. The van der Waals surface area contributed by atoms with Gasteiger partial charge in [-0.15, -0.1) is 0 Å². The summed E-state index contributed by atoms with van der Waals surface area (Å²) in [6.45, 7) is 7.45. The van der Waals surface area contributed by atoms with Crippen molar-refractivity contribution >= 4 is 5.97 Å². The van der Waals surface area contributed by atoms with Crippen LogP contribution in [0.4, 0.5) is 0 Å². The lowest BCUT2D eigenvalue weighted by Crippen LogP contribution is -2.38. The third kappa shape index (κ3) is 3.82. The van der Waals surface area contributed by atoms with Crippen LogP contribution in [-0.2, 0) is 22.5 Å². The van der Waals surface area contributed by atoms with Gasteiger partial charge in [-0.3, -0.25) is 9.69 Å². The van der Waals surface area contributed by atoms with E-state index in [1.807, 2.05) is 39.0 Å². The number of fused-ring (bicyclic) bond motifs is 1.